The molecule has 1 unspecified atom stereocenters. The molecule has 0 radical (unpaired) electrons. The van der Waals surface area contributed by atoms with E-state index < -0.39 is 42.5 Å². The van der Waals surface area contributed by atoms with E-state index in [1.165, 1.54) is 4.90 Å². The van der Waals surface area contributed by atoms with Crippen molar-refractivity contribution in [3.8, 4) is 0 Å². The van der Waals surface area contributed by atoms with Gasteiger partial charge in [0.1, 0.15) is 24.4 Å². The van der Waals surface area contributed by atoms with Gasteiger partial charge in [-0.1, -0.05) is 44.5 Å². The van der Waals surface area contributed by atoms with Gasteiger partial charge in [-0.3, -0.25) is 14.5 Å². The van der Waals surface area contributed by atoms with Crippen LogP contribution in [0.5, 0.6) is 0 Å². The first-order chi connectivity index (χ1) is 18.9. The van der Waals surface area contributed by atoms with Gasteiger partial charge in [-0.25, -0.2) is 0 Å². The van der Waals surface area contributed by atoms with E-state index in [9.17, 15) is 9.59 Å². The molecule has 0 aliphatic carbocycles. The second-order valence-corrected chi connectivity index (χ2v) is 10.5. The van der Waals surface area contributed by atoms with Crippen molar-refractivity contribution in [3.63, 3.8) is 0 Å². The fourth-order valence-corrected chi connectivity index (χ4v) is 5.71. The number of benzene rings is 3. The third-order valence-electron chi connectivity index (χ3n) is 8.12. The third-order valence-corrected chi connectivity index (χ3v) is 8.12. The molecule has 208 valence electrons. The zero-order valence-electron chi connectivity index (χ0n) is 23.2. The first-order valence-corrected chi connectivity index (χ1v) is 13.6. The predicted octanol–water partition coefficient (Wildman–Crippen LogP) is 4.81. The molecule has 0 spiro atoms. The molecule has 5 rings (SSSR count). The molecule has 2 aliphatic heterocycles. The first kappa shape index (κ1) is 27.7. The van der Waals surface area contributed by atoms with E-state index in [-0.39, 0.29) is 6.61 Å². The van der Waals surface area contributed by atoms with E-state index in [0.717, 1.165) is 34.4 Å². The van der Waals surface area contributed by atoms with E-state index in [1.54, 1.807) is 21.3 Å². The van der Waals surface area contributed by atoms with Crippen LogP contribution in [0.4, 0.5) is 0 Å². The summed E-state index contributed by atoms with van der Waals surface area (Å²) in [4.78, 5) is 29.1. The molecule has 8 nitrogen and oxygen atoms in total. The summed E-state index contributed by atoms with van der Waals surface area (Å²) in [5.41, 5.74) is 0.730. The van der Waals surface area contributed by atoms with E-state index in [4.69, 9.17) is 23.7 Å². The van der Waals surface area contributed by atoms with Crippen molar-refractivity contribution in [2.24, 2.45) is 5.92 Å². The number of hydrogen-bond acceptors (Lipinski definition) is 7. The highest BCUT2D eigenvalue weighted by Gasteiger charge is 2.54. The molecular formula is C31H37NO7. The first-order valence-electron chi connectivity index (χ1n) is 13.6. The molecule has 0 aromatic heterocycles. The minimum Gasteiger partial charge on any atom is -0.382 e. The Morgan fingerprint density at radius 3 is 1.97 bits per heavy atom. The van der Waals surface area contributed by atoms with Gasteiger partial charge in [-0.15, -0.1) is 0 Å². The van der Waals surface area contributed by atoms with Crippen LogP contribution in [-0.4, -0.2) is 81.9 Å². The van der Waals surface area contributed by atoms with E-state index in [0.29, 0.717) is 23.7 Å². The Morgan fingerprint density at radius 1 is 0.872 bits per heavy atom. The largest absolute Gasteiger partial charge is 0.382 e. The Hall–Kier alpha value is -2.88. The molecule has 2 heterocycles. The summed E-state index contributed by atoms with van der Waals surface area (Å²) >= 11 is 0. The number of carbonyl (C=O) groups is 2. The lowest BCUT2D eigenvalue weighted by Crippen LogP contribution is -2.66. The Labute approximate surface area is 229 Å². The van der Waals surface area contributed by atoms with Crippen molar-refractivity contribution < 1.29 is 33.3 Å². The maximum atomic E-state index is 13.9. The molecule has 2 aliphatic rings. The van der Waals surface area contributed by atoms with Crippen LogP contribution in [0, 0.1) is 5.92 Å². The second-order valence-electron chi connectivity index (χ2n) is 10.5. The Bertz CT molecular complexity index is 1280. The van der Waals surface area contributed by atoms with Crippen molar-refractivity contribution >= 4 is 33.4 Å². The zero-order valence-corrected chi connectivity index (χ0v) is 23.2. The molecule has 1 fully saturated rings. The molecule has 0 N–H and O–H groups in total. The number of methoxy groups -OCH3 is 3. The van der Waals surface area contributed by atoms with Crippen LogP contribution in [0.1, 0.15) is 47.4 Å². The van der Waals surface area contributed by atoms with Gasteiger partial charge < -0.3 is 23.7 Å². The molecule has 1 saturated heterocycles. The quantitative estimate of drug-likeness (QED) is 0.272. The van der Waals surface area contributed by atoms with Crippen LogP contribution >= 0.6 is 0 Å². The number of amides is 2. The van der Waals surface area contributed by atoms with Gasteiger partial charge in [-0.2, -0.15) is 0 Å². The lowest BCUT2D eigenvalue weighted by molar-refractivity contribution is -0.288. The van der Waals surface area contributed by atoms with Gasteiger partial charge >= 0.3 is 0 Å². The van der Waals surface area contributed by atoms with Crippen molar-refractivity contribution in [3.05, 3.63) is 59.7 Å². The summed E-state index contributed by atoms with van der Waals surface area (Å²) < 4.78 is 29.7. The highest BCUT2D eigenvalue weighted by Crippen LogP contribution is 2.37. The number of ether oxygens (including phenoxy) is 5. The molecule has 3 aromatic carbocycles. The molecule has 39 heavy (non-hydrogen) atoms. The third kappa shape index (κ3) is 5.08. The average molecular weight is 536 g/mol. The normalized spacial score (nSPS) is 26.0. The predicted molar refractivity (Wildman–Crippen MR) is 148 cm³/mol. The molecule has 0 saturated carbocycles. The molecular weight excluding hydrogens is 498 g/mol. The fourth-order valence-electron chi connectivity index (χ4n) is 5.71. The molecule has 0 bridgehead atoms. The topological polar surface area (TPSA) is 83.5 Å². The summed E-state index contributed by atoms with van der Waals surface area (Å²) in [7, 11) is 4.69. The highest BCUT2D eigenvalue weighted by atomic mass is 16.7. The summed E-state index contributed by atoms with van der Waals surface area (Å²) in [5.74, 6) is -0.318. The summed E-state index contributed by atoms with van der Waals surface area (Å²) in [5, 5.41) is 3.94. The van der Waals surface area contributed by atoms with Crippen molar-refractivity contribution in [1.82, 2.24) is 4.90 Å². The second kappa shape index (κ2) is 11.7. The maximum Gasteiger partial charge on any atom is 0.262 e. The Kier molecular flexibility index (Phi) is 8.30. The fraction of sp³-hybridized carbons (Fsp3) is 0.484. The number of imide groups is 1. The SMILES string of the molecule is CCC(C)CCO[C@@H]1O[C@H](COC)[C@@H](OC)[C@H](OC)[C@H]1N1C(=O)c2cc3cc4ccccc4cc3cc2C1=O. The van der Waals surface area contributed by atoms with E-state index >= 15 is 0 Å². The minimum atomic E-state index is -0.898. The lowest BCUT2D eigenvalue weighted by Gasteiger charge is -2.47. The Balaban J connectivity index is 1.53. The van der Waals surface area contributed by atoms with E-state index in [1.807, 2.05) is 48.5 Å². The zero-order chi connectivity index (χ0) is 27.7. The smallest absolute Gasteiger partial charge is 0.262 e. The highest BCUT2D eigenvalue weighted by molar-refractivity contribution is 6.23. The number of nitrogens with zero attached hydrogens (tertiary/aromatic N) is 1. The summed E-state index contributed by atoms with van der Waals surface area (Å²) in [6.45, 7) is 4.96. The van der Waals surface area contributed by atoms with Crippen LogP contribution in [-0.2, 0) is 23.7 Å². The number of hydrogen-bond donors (Lipinski definition) is 0. The van der Waals surface area contributed by atoms with Gasteiger partial charge in [0.2, 0.25) is 0 Å². The molecule has 3 aromatic rings. The van der Waals surface area contributed by atoms with Gasteiger partial charge in [0.05, 0.1) is 24.3 Å². The van der Waals surface area contributed by atoms with Crippen molar-refractivity contribution in [1.29, 1.82) is 0 Å². The summed E-state index contributed by atoms with van der Waals surface area (Å²) in [6, 6.07) is 14.9. The minimum absolute atomic E-state index is 0.247. The van der Waals surface area contributed by atoms with Crippen molar-refractivity contribution in [2.75, 3.05) is 34.5 Å². The summed E-state index contributed by atoms with van der Waals surface area (Å²) in [6.07, 6.45) is -0.813. The van der Waals surface area contributed by atoms with Gasteiger partial charge in [0.25, 0.3) is 11.8 Å². The molecule has 6 atom stereocenters. The van der Waals surface area contributed by atoms with Crippen LogP contribution in [0.25, 0.3) is 21.5 Å². The van der Waals surface area contributed by atoms with Crippen molar-refractivity contribution in [2.45, 2.75) is 57.3 Å². The maximum absolute atomic E-state index is 13.9. The van der Waals surface area contributed by atoms with Gasteiger partial charge in [0.15, 0.2) is 6.29 Å². The monoisotopic (exact) mass is 535 g/mol. The average Bonchev–Trinajstić information content (AvgIpc) is 3.18. The van der Waals surface area contributed by atoms with Gasteiger partial charge in [-0.05, 0) is 58.1 Å². The standard InChI is InChI=1S/C31H37NO7/c1-6-18(2)11-12-38-31-26(28(37-5)27(36-4)25(39-31)17-35-3)32-29(33)23-15-21-13-19-9-7-8-10-20(19)14-22(21)16-24(23)30(32)34/h7-10,13-16,18,25-28,31H,6,11-12,17H2,1-5H3/t18?,25-,26-,27-,28-,31-/m1/s1. The van der Waals surface area contributed by atoms with Crippen LogP contribution in [0.3, 0.4) is 0 Å². The van der Waals surface area contributed by atoms with Crippen LogP contribution in [0.2, 0.25) is 0 Å². The Morgan fingerprint density at radius 2 is 1.46 bits per heavy atom. The van der Waals surface area contributed by atoms with E-state index in [2.05, 4.69) is 13.8 Å². The van der Waals surface area contributed by atoms with Crippen LogP contribution in [0.15, 0.2) is 48.5 Å². The number of rotatable bonds is 10. The van der Waals surface area contributed by atoms with Gasteiger partial charge in [0, 0.05) is 21.3 Å². The lowest BCUT2D eigenvalue weighted by atomic mass is 9.95. The number of carbonyl (C=O) groups excluding carboxylic acids is 2. The number of fused-ring (bicyclic) bond motifs is 3. The molecule has 2 amide bonds. The molecule has 8 heteroatoms. The van der Waals surface area contributed by atoms with Crippen LogP contribution < -0.4 is 0 Å².